The quantitative estimate of drug-likeness (QED) is 0.788. The molecule has 1 aliphatic rings. The lowest BCUT2D eigenvalue weighted by atomic mass is 10.2. The highest BCUT2D eigenvalue weighted by atomic mass is 32.1. The zero-order valence-electron chi connectivity index (χ0n) is 12.0. The molecule has 22 heavy (non-hydrogen) atoms. The van der Waals surface area contributed by atoms with Crippen LogP contribution >= 0.6 is 11.3 Å². The predicted octanol–water partition coefficient (Wildman–Crippen LogP) is 2.72. The fraction of sp³-hybridized carbons (Fsp3) is 0.250. The number of nitrogens with zero attached hydrogens (tertiary/aromatic N) is 4. The van der Waals surface area contributed by atoms with Gasteiger partial charge in [-0.2, -0.15) is 0 Å². The molecular weight excluding hydrogens is 296 g/mol. The van der Waals surface area contributed by atoms with Crippen LogP contribution in [0, 0.1) is 0 Å². The van der Waals surface area contributed by atoms with Crippen molar-refractivity contribution < 1.29 is 5.11 Å². The molecule has 0 aliphatic carbocycles. The fourth-order valence-corrected chi connectivity index (χ4v) is 3.65. The van der Waals surface area contributed by atoms with E-state index in [1.54, 1.807) is 23.7 Å². The molecule has 1 fully saturated rings. The lowest BCUT2D eigenvalue weighted by Crippen LogP contribution is -2.46. The van der Waals surface area contributed by atoms with Gasteiger partial charge in [-0.25, -0.2) is 9.97 Å². The summed E-state index contributed by atoms with van der Waals surface area (Å²) in [5.74, 6) is 1.36. The second-order valence-electron chi connectivity index (χ2n) is 5.30. The number of fused-ring (bicyclic) bond motifs is 1. The first kappa shape index (κ1) is 13.3. The van der Waals surface area contributed by atoms with Crippen LogP contribution in [-0.4, -0.2) is 41.3 Å². The maximum absolute atomic E-state index is 9.98. The van der Waals surface area contributed by atoms with Crippen LogP contribution in [0.5, 0.6) is 5.75 Å². The van der Waals surface area contributed by atoms with E-state index < -0.39 is 0 Å². The SMILES string of the molecule is Oc1ccccc1N1CCN(c2ncnc3sccc23)CC1. The molecule has 6 heteroatoms. The van der Waals surface area contributed by atoms with Crippen LogP contribution in [0.15, 0.2) is 42.0 Å². The first-order valence-electron chi connectivity index (χ1n) is 7.29. The predicted molar refractivity (Wildman–Crippen MR) is 89.9 cm³/mol. The third kappa shape index (κ3) is 2.25. The first-order valence-corrected chi connectivity index (χ1v) is 8.17. The zero-order valence-corrected chi connectivity index (χ0v) is 12.8. The van der Waals surface area contributed by atoms with Gasteiger partial charge in [0.15, 0.2) is 0 Å². The monoisotopic (exact) mass is 312 g/mol. The van der Waals surface area contributed by atoms with E-state index in [4.69, 9.17) is 0 Å². The molecular formula is C16H16N4OS. The van der Waals surface area contributed by atoms with E-state index in [0.29, 0.717) is 5.75 Å². The molecule has 3 aromatic rings. The molecule has 4 rings (SSSR count). The van der Waals surface area contributed by atoms with Crippen molar-refractivity contribution in [1.29, 1.82) is 0 Å². The molecule has 2 aromatic heterocycles. The lowest BCUT2D eigenvalue weighted by Gasteiger charge is -2.37. The molecule has 5 nitrogen and oxygen atoms in total. The van der Waals surface area contributed by atoms with Crippen molar-refractivity contribution in [3.05, 3.63) is 42.0 Å². The second-order valence-corrected chi connectivity index (χ2v) is 6.19. The highest BCUT2D eigenvalue weighted by molar-refractivity contribution is 7.16. The standard InChI is InChI=1S/C16H16N4OS/c21-14-4-2-1-3-13(14)19-6-8-20(9-7-19)15-12-5-10-22-16(12)18-11-17-15/h1-5,10-11,21H,6-9H2. The van der Waals surface area contributed by atoms with Crippen LogP contribution in [0.25, 0.3) is 10.2 Å². The largest absolute Gasteiger partial charge is 0.506 e. The molecule has 1 aliphatic heterocycles. The van der Waals surface area contributed by atoms with Gasteiger partial charge in [0, 0.05) is 26.2 Å². The van der Waals surface area contributed by atoms with E-state index >= 15 is 0 Å². The highest BCUT2D eigenvalue weighted by Crippen LogP contribution is 2.30. The number of piperazine rings is 1. The van der Waals surface area contributed by atoms with Crippen molar-refractivity contribution >= 4 is 33.1 Å². The summed E-state index contributed by atoms with van der Waals surface area (Å²) in [5, 5.41) is 13.2. The van der Waals surface area contributed by atoms with Gasteiger partial charge in [-0.15, -0.1) is 11.3 Å². The van der Waals surface area contributed by atoms with Gasteiger partial charge in [-0.1, -0.05) is 12.1 Å². The smallest absolute Gasteiger partial charge is 0.140 e. The molecule has 1 saturated heterocycles. The average Bonchev–Trinajstić information content (AvgIpc) is 3.04. The van der Waals surface area contributed by atoms with Gasteiger partial charge in [0.2, 0.25) is 0 Å². The van der Waals surface area contributed by atoms with E-state index in [0.717, 1.165) is 47.9 Å². The summed E-state index contributed by atoms with van der Waals surface area (Å²) >= 11 is 1.64. The number of phenolic OH excluding ortho intramolecular Hbond substituents is 1. The maximum atomic E-state index is 9.98. The Labute approximate surface area is 132 Å². The maximum Gasteiger partial charge on any atom is 0.140 e. The molecule has 0 amide bonds. The number of hydrogen-bond donors (Lipinski definition) is 1. The Morgan fingerprint density at radius 2 is 1.73 bits per heavy atom. The van der Waals surface area contributed by atoms with Gasteiger partial charge >= 0.3 is 0 Å². The van der Waals surface area contributed by atoms with E-state index in [2.05, 4.69) is 31.2 Å². The number of anilines is 2. The Hall–Kier alpha value is -2.34. The Morgan fingerprint density at radius 3 is 2.55 bits per heavy atom. The van der Waals surface area contributed by atoms with E-state index in [1.807, 2.05) is 18.2 Å². The van der Waals surface area contributed by atoms with Crippen molar-refractivity contribution in [2.24, 2.45) is 0 Å². The van der Waals surface area contributed by atoms with Crippen molar-refractivity contribution in [2.75, 3.05) is 36.0 Å². The van der Waals surface area contributed by atoms with Crippen molar-refractivity contribution in [1.82, 2.24) is 9.97 Å². The normalized spacial score (nSPS) is 15.5. The second kappa shape index (κ2) is 5.46. The average molecular weight is 312 g/mol. The molecule has 0 spiro atoms. The summed E-state index contributed by atoms with van der Waals surface area (Å²) in [6, 6.07) is 9.60. The molecule has 0 atom stereocenters. The number of rotatable bonds is 2. The lowest BCUT2D eigenvalue weighted by molar-refractivity contribution is 0.472. The molecule has 0 unspecified atom stereocenters. The first-order chi connectivity index (χ1) is 10.8. The minimum absolute atomic E-state index is 0.346. The molecule has 1 N–H and O–H groups in total. The van der Waals surface area contributed by atoms with Crippen LogP contribution in [-0.2, 0) is 0 Å². The van der Waals surface area contributed by atoms with Gasteiger partial charge in [-0.3, -0.25) is 0 Å². The van der Waals surface area contributed by atoms with Gasteiger partial charge in [0.25, 0.3) is 0 Å². The molecule has 0 bridgehead atoms. The summed E-state index contributed by atoms with van der Waals surface area (Å²) in [6.07, 6.45) is 1.64. The van der Waals surface area contributed by atoms with Crippen molar-refractivity contribution in [3.8, 4) is 5.75 Å². The fourth-order valence-electron chi connectivity index (χ4n) is 2.92. The van der Waals surface area contributed by atoms with Crippen LogP contribution in [0.2, 0.25) is 0 Å². The number of benzene rings is 1. The van der Waals surface area contributed by atoms with Crippen LogP contribution in [0.4, 0.5) is 11.5 Å². The summed E-state index contributed by atoms with van der Waals surface area (Å²) in [7, 11) is 0. The van der Waals surface area contributed by atoms with E-state index in [1.165, 1.54) is 0 Å². The number of phenols is 1. The number of aromatic hydroxyl groups is 1. The Morgan fingerprint density at radius 1 is 0.955 bits per heavy atom. The number of para-hydroxylation sites is 2. The van der Waals surface area contributed by atoms with Crippen molar-refractivity contribution in [3.63, 3.8) is 0 Å². The van der Waals surface area contributed by atoms with Gasteiger partial charge in [0.1, 0.15) is 22.7 Å². The third-order valence-electron chi connectivity index (χ3n) is 4.04. The molecule has 1 aromatic carbocycles. The number of hydrogen-bond acceptors (Lipinski definition) is 6. The Kier molecular flexibility index (Phi) is 3.31. The number of aromatic nitrogens is 2. The molecule has 0 radical (unpaired) electrons. The summed E-state index contributed by atoms with van der Waals surface area (Å²) in [6.45, 7) is 3.51. The Balaban J connectivity index is 1.55. The van der Waals surface area contributed by atoms with Gasteiger partial charge in [-0.05, 0) is 23.6 Å². The topological polar surface area (TPSA) is 52.5 Å². The van der Waals surface area contributed by atoms with Gasteiger partial charge < -0.3 is 14.9 Å². The van der Waals surface area contributed by atoms with E-state index in [9.17, 15) is 5.11 Å². The summed E-state index contributed by atoms with van der Waals surface area (Å²) in [5.41, 5.74) is 0.908. The van der Waals surface area contributed by atoms with Crippen LogP contribution < -0.4 is 9.80 Å². The van der Waals surface area contributed by atoms with Crippen LogP contribution in [0.3, 0.4) is 0 Å². The molecule has 3 heterocycles. The van der Waals surface area contributed by atoms with Gasteiger partial charge in [0.05, 0.1) is 11.1 Å². The zero-order chi connectivity index (χ0) is 14.9. The minimum atomic E-state index is 0.346. The molecule has 112 valence electrons. The number of thiophene rings is 1. The molecule has 0 saturated carbocycles. The summed E-state index contributed by atoms with van der Waals surface area (Å²) in [4.78, 5) is 14.3. The van der Waals surface area contributed by atoms with E-state index in [-0.39, 0.29) is 0 Å². The Bertz CT molecular complexity index is 795. The minimum Gasteiger partial charge on any atom is -0.506 e. The third-order valence-corrected chi connectivity index (χ3v) is 4.86. The van der Waals surface area contributed by atoms with Crippen LogP contribution in [0.1, 0.15) is 0 Å². The summed E-state index contributed by atoms with van der Waals surface area (Å²) < 4.78 is 0. The van der Waals surface area contributed by atoms with Crippen molar-refractivity contribution in [2.45, 2.75) is 0 Å². The highest BCUT2D eigenvalue weighted by Gasteiger charge is 2.21.